The number of carbonyl (C=O) groups excluding carboxylic acids is 15. The minimum Gasteiger partial charge on any atom is -0.370 e. The lowest BCUT2D eigenvalue weighted by atomic mass is 10.0. The molecule has 4 heterocycles. The topological polar surface area (TPSA) is 563 Å². The van der Waals surface area contributed by atoms with Gasteiger partial charge in [-0.25, -0.2) is 4.79 Å². The van der Waals surface area contributed by atoms with Crippen LogP contribution in [0.5, 0.6) is 0 Å². The Morgan fingerprint density at radius 3 is 1.65 bits per heavy atom. The maximum atomic E-state index is 15.0. The number of benzene rings is 2. The summed E-state index contributed by atoms with van der Waals surface area (Å²) >= 11 is 3.25. The van der Waals surface area contributed by atoms with Crippen molar-refractivity contribution in [2.75, 3.05) is 50.5 Å². The third kappa shape index (κ3) is 29.9. The molecule has 0 radical (unpaired) electrons. The van der Waals surface area contributed by atoms with Crippen LogP contribution in [-0.2, 0) is 80.0 Å². The number of guanidine groups is 1. The van der Waals surface area contributed by atoms with Crippen molar-refractivity contribution in [2.45, 2.75) is 226 Å². The van der Waals surface area contributed by atoms with E-state index in [1.807, 2.05) is 20.1 Å². The number of aliphatic imine (C=N–C) groups is 1. The highest BCUT2D eigenvalue weighted by Gasteiger charge is 2.44. The van der Waals surface area contributed by atoms with Gasteiger partial charge in [0.1, 0.15) is 54.4 Å². The number of primary amides is 3. The maximum Gasteiger partial charge on any atom is 0.315 e. The van der Waals surface area contributed by atoms with Crippen molar-refractivity contribution in [3.63, 3.8) is 0 Å². The summed E-state index contributed by atoms with van der Waals surface area (Å²) in [7, 11) is 0. The molecule has 4 fully saturated rings. The van der Waals surface area contributed by atoms with Crippen molar-refractivity contribution in [1.82, 2.24) is 68.3 Å². The summed E-state index contributed by atoms with van der Waals surface area (Å²) in [6.07, 6.45) is 4.96. The van der Waals surface area contributed by atoms with E-state index in [9.17, 15) is 67.1 Å². The second-order valence-electron chi connectivity index (χ2n) is 28.6. The second-order valence-corrected chi connectivity index (χ2v) is 30.8. The van der Waals surface area contributed by atoms with Crippen LogP contribution in [0.1, 0.15) is 147 Å². The smallest absolute Gasteiger partial charge is 0.315 e. The average molecular weight is 1570 g/mol. The highest BCUT2D eigenvalue weighted by Crippen LogP contribution is 2.33. The van der Waals surface area contributed by atoms with Gasteiger partial charge in [0.05, 0.1) is 24.7 Å². The van der Waals surface area contributed by atoms with E-state index in [1.54, 1.807) is 72.4 Å². The van der Waals surface area contributed by atoms with Crippen LogP contribution in [0.25, 0.3) is 0 Å². The number of urea groups is 1. The lowest BCUT2D eigenvalue weighted by Crippen LogP contribution is -2.60. The lowest BCUT2D eigenvalue weighted by molar-refractivity contribution is -0.144. The monoisotopic (exact) mass is 1570 g/mol. The first-order chi connectivity index (χ1) is 52.5. The van der Waals surface area contributed by atoms with E-state index >= 15 is 4.79 Å². The fourth-order valence-electron chi connectivity index (χ4n) is 13.6. The quantitative estimate of drug-likeness (QED) is 0.0137. The zero-order valence-corrected chi connectivity index (χ0v) is 64.5. The summed E-state index contributed by atoms with van der Waals surface area (Å²) in [5.74, 6) is -9.46. The van der Waals surface area contributed by atoms with Crippen molar-refractivity contribution < 1.29 is 71.9 Å². The summed E-state index contributed by atoms with van der Waals surface area (Å²) in [6.45, 7) is 3.69. The summed E-state index contributed by atoms with van der Waals surface area (Å²) in [5.41, 5.74) is 35.1. The number of unbranched alkanes of at least 4 members (excludes halogenated alkanes) is 2. The van der Waals surface area contributed by atoms with E-state index in [1.165, 1.54) is 21.6 Å². The molecule has 6 rings (SSSR count). The minimum atomic E-state index is -1.68. The van der Waals surface area contributed by atoms with Gasteiger partial charge in [-0.15, -0.1) is 0 Å². The van der Waals surface area contributed by atoms with Crippen LogP contribution < -0.4 is 92.9 Å². The zero-order valence-electron chi connectivity index (χ0n) is 62.9. The van der Waals surface area contributed by atoms with E-state index in [2.05, 4.69) is 63.5 Å². The van der Waals surface area contributed by atoms with Gasteiger partial charge in [0.25, 0.3) is 0 Å². The predicted molar refractivity (Wildman–Crippen MR) is 413 cm³/mol. The van der Waals surface area contributed by atoms with Crippen LogP contribution in [-0.4, -0.2) is 233 Å². The van der Waals surface area contributed by atoms with Gasteiger partial charge in [-0.1, -0.05) is 80.9 Å². The molecule has 4 saturated heterocycles. The Hall–Kier alpha value is -9.78. The molecular weight excluding hydrogens is 1460 g/mol. The molecule has 0 saturated carbocycles. The first-order valence-corrected chi connectivity index (χ1v) is 40.2. The number of nitrogens with one attached hydrogen (secondary N) is 11. The number of hydrogen-bond acceptors (Lipinski definition) is 19. The zero-order chi connectivity index (χ0) is 80.4. The molecule has 13 atom stereocenters. The first kappa shape index (κ1) is 89.1. The van der Waals surface area contributed by atoms with Gasteiger partial charge in [0.2, 0.25) is 82.7 Å². The number of amides is 16. The Balaban J connectivity index is 1.16. The second kappa shape index (κ2) is 46.0. The number of nitrogens with zero attached hydrogens (tertiary/aromatic N) is 3. The number of thioether (sulfide) groups is 2. The van der Waals surface area contributed by atoms with Gasteiger partial charge in [-0.3, -0.25) is 72.1 Å². The molecule has 4 aliphatic rings. The molecule has 35 nitrogen and oxygen atoms in total. The molecule has 0 aliphatic carbocycles. The summed E-state index contributed by atoms with van der Waals surface area (Å²) in [4.78, 5) is 212. The fraction of sp³-hybridized carbons (Fsp3) is 0.616. The van der Waals surface area contributed by atoms with Crippen molar-refractivity contribution in [2.24, 2.45) is 45.3 Å². The van der Waals surface area contributed by atoms with Gasteiger partial charge in [-0.05, 0) is 125 Å². The van der Waals surface area contributed by atoms with Gasteiger partial charge < -0.3 is 103 Å². The fourth-order valence-corrected chi connectivity index (χ4v) is 15.6. The predicted octanol–water partition coefficient (Wildman–Crippen LogP) is -2.83. The molecule has 0 aromatic heterocycles. The Bertz CT molecular complexity index is 3520. The first-order valence-electron chi connectivity index (χ1n) is 37.7. The highest BCUT2D eigenvalue weighted by atomic mass is 32.2. The van der Waals surface area contributed by atoms with Crippen LogP contribution in [0, 0.1) is 5.92 Å². The van der Waals surface area contributed by atoms with Crippen LogP contribution in [0.4, 0.5) is 4.79 Å². The van der Waals surface area contributed by atoms with E-state index in [0.717, 1.165) is 18.6 Å². The van der Waals surface area contributed by atoms with Crippen molar-refractivity contribution >= 4 is 118 Å². The van der Waals surface area contributed by atoms with E-state index in [-0.39, 0.29) is 132 Å². The molecule has 0 spiro atoms. The van der Waals surface area contributed by atoms with Crippen molar-refractivity contribution in [3.05, 3.63) is 71.8 Å². The number of carbonyl (C=O) groups is 15. The lowest BCUT2D eigenvalue weighted by Gasteiger charge is -2.32. The van der Waals surface area contributed by atoms with Gasteiger partial charge >= 0.3 is 6.03 Å². The summed E-state index contributed by atoms with van der Waals surface area (Å²) < 4.78 is 0. The third-order valence-electron chi connectivity index (χ3n) is 19.4. The van der Waals surface area contributed by atoms with Crippen LogP contribution in [0.3, 0.4) is 0 Å². The molecular formula is C73H112N20O15S2. The summed E-state index contributed by atoms with van der Waals surface area (Å²) in [5, 5.41) is 30.3. The number of fused-ring (bicyclic) bond motifs is 1. The molecule has 606 valence electrons. The molecule has 37 heteroatoms. The average Bonchev–Trinajstić information content (AvgIpc) is 1.65. The Morgan fingerprint density at radius 1 is 0.555 bits per heavy atom. The minimum absolute atomic E-state index is 0.0234. The van der Waals surface area contributed by atoms with Crippen LogP contribution in [0.2, 0.25) is 0 Å². The Morgan fingerprint density at radius 2 is 1.09 bits per heavy atom. The van der Waals surface area contributed by atoms with E-state index in [4.69, 9.17) is 34.4 Å². The van der Waals surface area contributed by atoms with Gasteiger partial charge in [-0.2, -0.15) is 23.5 Å². The molecule has 16 amide bonds. The number of rotatable bonds is 48. The third-order valence-corrected chi connectivity index (χ3v) is 21.6. The normalized spacial score (nSPS) is 19.2. The van der Waals surface area contributed by atoms with Gasteiger partial charge in [0, 0.05) is 69.3 Å². The van der Waals surface area contributed by atoms with Gasteiger partial charge in [0.15, 0.2) is 5.96 Å². The molecule has 0 bridgehead atoms. The Labute approximate surface area is 649 Å². The van der Waals surface area contributed by atoms with Crippen molar-refractivity contribution in [1.29, 1.82) is 0 Å². The molecule has 4 aliphatic heterocycles. The molecule has 23 N–H and O–H groups in total. The highest BCUT2D eigenvalue weighted by molar-refractivity contribution is 8.00. The standard InChI is InChI=1S/C73H112N20O15S2/c1-42(2)37-50(66(102)84-46(62(77)98)31-36-109-3)83-60(97)40-82-63(99)51(38-43-17-6-4-7-18-43)88-67(103)52(39-44-19-8-5-9-20-44)89-65(101)47(27-29-57(75)94)85-64(100)48(28-30-58(76)95)86-68(104)55-24-16-35-93(55)71(107)49(87-69(105)54-23-15-34-92(54)70(106)45(74)21-14-33-81-72(78)79)22-12-13-32-80-59(96)26-11-10-25-56-61-53(41-110-56)90-73(108)91-61/h4-9,17-20,42,45-56,61H,10-16,21-41,74H2,1-3H3,(H2,75,94)(H2,76,95)(H2,77,98)(H,80,96)(H,82,99)(H,83,97)(H,84,102)(H,85,100)(H,86,104)(H,87,105)(H,88,103)(H,89,101)(H4,78,79,81)(H2,90,91,108). The number of hydrogen-bond donors (Lipinski definition) is 17. The maximum absolute atomic E-state index is 15.0. The molecule has 2 aromatic rings. The molecule has 13 unspecified atom stereocenters. The van der Waals surface area contributed by atoms with Crippen LogP contribution in [0.15, 0.2) is 65.7 Å². The Kier molecular flexibility index (Phi) is 37.3. The molecule has 110 heavy (non-hydrogen) atoms. The molecule has 2 aromatic carbocycles. The van der Waals surface area contributed by atoms with Crippen LogP contribution >= 0.6 is 23.5 Å². The van der Waals surface area contributed by atoms with Crippen molar-refractivity contribution in [3.8, 4) is 0 Å². The summed E-state index contributed by atoms with van der Waals surface area (Å²) in [6, 6.07) is 4.04. The largest absolute Gasteiger partial charge is 0.370 e. The number of likely N-dealkylation sites (tertiary alicyclic amines) is 2. The van der Waals surface area contributed by atoms with E-state index < -0.39 is 169 Å². The number of nitrogens with two attached hydrogens (primary N) is 6. The van der Waals surface area contributed by atoms with E-state index in [0.29, 0.717) is 49.0 Å². The SMILES string of the molecule is CSCCC(NC(=O)C(CC(C)C)NC(=O)CNC(=O)C(Cc1ccccc1)NC(=O)C(Cc1ccccc1)NC(=O)C(CCC(N)=O)NC(=O)C(CCC(N)=O)NC(=O)C1CCCN1C(=O)C(CCCCNC(=O)CCCCC1SCC2NC(=O)NC21)NC(=O)C1CCCN1C(=O)C(N)CCCN=C(N)N)C(N)=O.